The number of nitrogens with one attached hydrogen (secondary N) is 1. The highest BCUT2D eigenvalue weighted by atomic mass is 32.1. The van der Waals surface area contributed by atoms with Crippen molar-refractivity contribution in [1.29, 1.82) is 0 Å². The first kappa shape index (κ1) is 13.0. The molecule has 0 fully saturated rings. The molecule has 2 rings (SSSR count). The minimum atomic E-state index is 0.220. The molecule has 1 heterocycles. The van der Waals surface area contributed by atoms with E-state index in [1.54, 1.807) is 11.3 Å². The van der Waals surface area contributed by atoms with E-state index in [-0.39, 0.29) is 6.10 Å². The van der Waals surface area contributed by atoms with Crippen LogP contribution in [0.2, 0.25) is 0 Å². The Morgan fingerprint density at radius 3 is 2.33 bits per heavy atom. The van der Waals surface area contributed by atoms with Crippen LogP contribution < -0.4 is 10.1 Å². The molecular weight excluding hydrogens is 242 g/mol. The number of hydrogen-bond donors (Lipinski definition) is 1. The molecule has 0 spiro atoms. The fourth-order valence-electron chi connectivity index (χ4n) is 1.79. The molecule has 3 heteroatoms. The van der Waals surface area contributed by atoms with Crippen molar-refractivity contribution in [2.45, 2.75) is 32.9 Å². The smallest absolute Gasteiger partial charge is 0.119 e. The van der Waals surface area contributed by atoms with Crippen LogP contribution in [-0.2, 0) is 0 Å². The zero-order chi connectivity index (χ0) is 13.0. The van der Waals surface area contributed by atoms with Crippen molar-refractivity contribution in [1.82, 2.24) is 0 Å². The normalized spacial score (nSPS) is 12.4. The lowest BCUT2D eigenvalue weighted by molar-refractivity contribution is 0.242. The molecule has 96 valence electrons. The van der Waals surface area contributed by atoms with Crippen molar-refractivity contribution in [2.24, 2.45) is 0 Å². The Labute approximate surface area is 113 Å². The van der Waals surface area contributed by atoms with Gasteiger partial charge in [-0.1, -0.05) is 12.1 Å². The number of benzene rings is 1. The summed E-state index contributed by atoms with van der Waals surface area (Å²) in [4.78, 5) is 0. The van der Waals surface area contributed by atoms with E-state index in [1.165, 1.54) is 11.3 Å². The molecule has 0 bridgehead atoms. The van der Waals surface area contributed by atoms with Gasteiger partial charge in [0.05, 0.1) is 6.10 Å². The van der Waals surface area contributed by atoms with E-state index >= 15 is 0 Å². The monoisotopic (exact) mass is 261 g/mol. The molecule has 1 aromatic carbocycles. The second-order valence-electron chi connectivity index (χ2n) is 4.61. The van der Waals surface area contributed by atoms with Crippen LogP contribution in [0.15, 0.2) is 41.1 Å². The van der Waals surface area contributed by atoms with Crippen LogP contribution in [-0.4, -0.2) is 6.10 Å². The van der Waals surface area contributed by atoms with Gasteiger partial charge in [-0.25, -0.2) is 0 Å². The first-order valence-corrected chi connectivity index (χ1v) is 7.15. The minimum absolute atomic E-state index is 0.220. The average Bonchev–Trinajstić information content (AvgIpc) is 2.82. The molecule has 0 saturated heterocycles. The zero-order valence-corrected chi connectivity index (χ0v) is 11.8. The summed E-state index contributed by atoms with van der Waals surface area (Å²) in [6.07, 6.45) is 0.220. The first-order chi connectivity index (χ1) is 8.65. The third-order valence-electron chi connectivity index (χ3n) is 2.66. The van der Waals surface area contributed by atoms with E-state index in [2.05, 4.69) is 41.2 Å². The second kappa shape index (κ2) is 5.91. The quantitative estimate of drug-likeness (QED) is 0.841. The maximum atomic E-state index is 5.64. The lowest BCUT2D eigenvalue weighted by atomic mass is 10.1. The molecule has 0 aliphatic carbocycles. The standard InChI is InChI=1S/C15H19NOS/c1-11(2)17-15-6-4-13(5-7-15)12(3)16-14-8-9-18-10-14/h4-12,16H,1-3H3. The summed E-state index contributed by atoms with van der Waals surface area (Å²) in [7, 11) is 0. The summed E-state index contributed by atoms with van der Waals surface area (Å²) in [5.74, 6) is 0.927. The van der Waals surface area contributed by atoms with Crippen LogP contribution in [0.3, 0.4) is 0 Å². The van der Waals surface area contributed by atoms with Gasteiger partial charge < -0.3 is 10.1 Å². The molecule has 1 unspecified atom stereocenters. The number of rotatable bonds is 5. The predicted octanol–water partition coefficient (Wildman–Crippen LogP) is 4.71. The van der Waals surface area contributed by atoms with E-state index in [0.29, 0.717) is 6.04 Å². The summed E-state index contributed by atoms with van der Waals surface area (Å²) in [6.45, 7) is 6.24. The molecule has 1 N–H and O–H groups in total. The van der Waals surface area contributed by atoms with Gasteiger partial charge in [0.25, 0.3) is 0 Å². The third kappa shape index (κ3) is 3.50. The second-order valence-corrected chi connectivity index (χ2v) is 5.39. The Morgan fingerprint density at radius 2 is 1.78 bits per heavy atom. The van der Waals surface area contributed by atoms with Crippen LogP contribution in [0.4, 0.5) is 5.69 Å². The van der Waals surface area contributed by atoms with Crippen LogP contribution in [0.25, 0.3) is 0 Å². The highest BCUT2D eigenvalue weighted by Crippen LogP contribution is 2.23. The van der Waals surface area contributed by atoms with Crippen molar-refractivity contribution >= 4 is 17.0 Å². The fraction of sp³-hybridized carbons (Fsp3) is 0.333. The Bertz CT molecular complexity index is 462. The minimum Gasteiger partial charge on any atom is -0.491 e. The molecule has 0 radical (unpaired) electrons. The molecule has 0 saturated carbocycles. The van der Waals surface area contributed by atoms with Gasteiger partial charge in [0.1, 0.15) is 5.75 Å². The van der Waals surface area contributed by atoms with Gasteiger partial charge in [0.15, 0.2) is 0 Å². The van der Waals surface area contributed by atoms with Crippen molar-refractivity contribution in [2.75, 3.05) is 5.32 Å². The summed E-state index contributed by atoms with van der Waals surface area (Å²) >= 11 is 1.70. The maximum absolute atomic E-state index is 5.64. The van der Waals surface area contributed by atoms with Crippen LogP contribution in [0, 0.1) is 0 Å². The number of ether oxygens (including phenoxy) is 1. The highest BCUT2D eigenvalue weighted by molar-refractivity contribution is 7.08. The summed E-state index contributed by atoms with van der Waals surface area (Å²) in [5, 5.41) is 7.66. The summed E-state index contributed by atoms with van der Waals surface area (Å²) in [5.41, 5.74) is 2.44. The van der Waals surface area contributed by atoms with Gasteiger partial charge in [-0.15, -0.1) is 0 Å². The Morgan fingerprint density at radius 1 is 1.06 bits per heavy atom. The molecule has 0 aliphatic heterocycles. The Hall–Kier alpha value is -1.48. The third-order valence-corrected chi connectivity index (χ3v) is 3.34. The molecular formula is C15H19NOS. The average molecular weight is 261 g/mol. The maximum Gasteiger partial charge on any atom is 0.119 e. The SMILES string of the molecule is CC(C)Oc1ccc(C(C)Nc2ccsc2)cc1. The molecule has 18 heavy (non-hydrogen) atoms. The topological polar surface area (TPSA) is 21.3 Å². The Balaban J connectivity index is 2.00. The lowest BCUT2D eigenvalue weighted by Gasteiger charge is -2.15. The van der Waals surface area contributed by atoms with Crippen LogP contribution in [0.5, 0.6) is 5.75 Å². The van der Waals surface area contributed by atoms with Crippen molar-refractivity contribution < 1.29 is 4.74 Å². The highest BCUT2D eigenvalue weighted by Gasteiger charge is 2.06. The molecule has 1 atom stereocenters. The van der Waals surface area contributed by atoms with Crippen molar-refractivity contribution in [3.8, 4) is 5.75 Å². The fourth-order valence-corrected chi connectivity index (χ4v) is 2.38. The van der Waals surface area contributed by atoms with Gasteiger partial charge in [0.2, 0.25) is 0 Å². The van der Waals surface area contributed by atoms with Crippen LogP contribution >= 0.6 is 11.3 Å². The summed E-state index contributed by atoms with van der Waals surface area (Å²) < 4.78 is 5.64. The lowest BCUT2D eigenvalue weighted by Crippen LogP contribution is -2.07. The van der Waals surface area contributed by atoms with Crippen molar-refractivity contribution in [3.05, 3.63) is 46.7 Å². The van der Waals surface area contributed by atoms with Crippen LogP contribution in [0.1, 0.15) is 32.4 Å². The van der Waals surface area contributed by atoms with Crippen molar-refractivity contribution in [3.63, 3.8) is 0 Å². The predicted molar refractivity (Wildman–Crippen MR) is 78.6 cm³/mol. The van der Waals surface area contributed by atoms with E-state index in [4.69, 9.17) is 4.74 Å². The van der Waals surface area contributed by atoms with E-state index < -0.39 is 0 Å². The van der Waals surface area contributed by atoms with Gasteiger partial charge in [-0.05, 0) is 49.9 Å². The summed E-state index contributed by atoms with van der Waals surface area (Å²) in [6, 6.07) is 10.7. The Kier molecular flexibility index (Phi) is 4.26. The largest absolute Gasteiger partial charge is 0.491 e. The van der Waals surface area contributed by atoms with E-state index in [1.807, 2.05) is 26.0 Å². The molecule has 1 aromatic heterocycles. The molecule has 0 amide bonds. The van der Waals surface area contributed by atoms with E-state index in [9.17, 15) is 0 Å². The first-order valence-electron chi connectivity index (χ1n) is 6.20. The van der Waals surface area contributed by atoms with Gasteiger partial charge in [-0.2, -0.15) is 11.3 Å². The molecule has 0 aliphatic rings. The van der Waals surface area contributed by atoms with E-state index in [0.717, 1.165) is 5.75 Å². The van der Waals surface area contributed by atoms with Gasteiger partial charge >= 0.3 is 0 Å². The number of anilines is 1. The molecule has 2 aromatic rings. The van der Waals surface area contributed by atoms with Gasteiger partial charge in [-0.3, -0.25) is 0 Å². The zero-order valence-electron chi connectivity index (χ0n) is 11.0. The molecule has 2 nitrogen and oxygen atoms in total. The number of thiophene rings is 1. The van der Waals surface area contributed by atoms with Gasteiger partial charge in [0, 0.05) is 17.1 Å². The number of hydrogen-bond acceptors (Lipinski definition) is 3.